The molecule has 46 heavy (non-hydrogen) atoms. The van der Waals surface area contributed by atoms with E-state index in [9.17, 15) is 0 Å². The second-order valence-electron chi connectivity index (χ2n) is 11.5. The van der Waals surface area contributed by atoms with Crippen LogP contribution in [-0.4, -0.2) is 4.98 Å². The number of fused-ring (bicyclic) bond motifs is 6. The van der Waals surface area contributed by atoms with E-state index in [1.54, 1.807) is 0 Å². The second kappa shape index (κ2) is 10.7. The lowest BCUT2D eigenvalue weighted by atomic mass is 10.1. The number of H-pyrrole nitrogens is 1. The van der Waals surface area contributed by atoms with Crippen LogP contribution in [-0.2, 0) is 0 Å². The third-order valence-corrected chi connectivity index (χ3v) is 8.74. The number of nitrogens with zero attached hydrogens (tertiary/aromatic N) is 2. The molecule has 4 heteroatoms. The van der Waals surface area contributed by atoms with Crippen molar-refractivity contribution < 1.29 is 4.42 Å². The van der Waals surface area contributed by atoms with Crippen LogP contribution in [0.2, 0.25) is 0 Å². The van der Waals surface area contributed by atoms with Gasteiger partial charge in [0.05, 0.1) is 0 Å². The van der Waals surface area contributed by atoms with Gasteiger partial charge in [0.25, 0.3) is 0 Å². The molecule has 7 aromatic carbocycles. The number of para-hydroxylation sites is 4. The van der Waals surface area contributed by atoms with Crippen LogP contribution in [0.5, 0.6) is 0 Å². The van der Waals surface area contributed by atoms with Crippen molar-refractivity contribution in [2.75, 3.05) is 9.80 Å². The zero-order valence-corrected chi connectivity index (χ0v) is 25.0. The Morgan fingerprint density at radius 3 is 1.54 bits per heavy atom. The number of benzene rings is 7. The van der Waals surface area contributed by atoms with Gasteiger partial charge in [0.1, 0.15) is 11.2 Å². The van der Waals surface area contributed by atoms with E-state index >= 15 is 0 Å². The van der Waals surface area contributed by atoms with Crippen LogP contribution in [0.3, 0.4) is 0 Å². The molecule has 4 nitrogen and oxygen atoms in total. The fourth-order valence-corrected chi connectivity index (χ4v) is 6.65. The molecule has 0 saturated heterocycles. The molecule has 2 aromatic heterocycles. The molecule has 218 valence electrons. The Hall–Kier alpha value is -6.26. The highest BCUT2D eigenvalue weighted by atomic mass is 16.3. The summed E-state index contributed by atoms with van der Waals surface area (Å²) in [6.07, 6.45) is 0. The monoisotopic (exact) mass is 591 g/mol. The predicted molar refractivity (Wildman–Crippen MR) is 192 cm³/mol. The maximum Gasteiger partial charge on any atom is 0.135 e. The van der Waals surface area contributed by atoms with Crippen molar-refractivity contribution in [3.8, 4) is 0 Å². The Bertz CT molecular complexity index is 2320. The van der Waals surface area contributed by atoms with Crippen LogP contribution in [0.25, 0.3) is 43.7 Å². The minimum Gasteiger partial charge on any atom is -0.456 e. The molecule has 0 fully saturated rings. The van der Waals surface area contributed by atoms with Crippen molar-refractivity contribution in [1.82, 2.24) is 4.98 Å². The van der Waals surface area contributed by atoms with E-state index in [4.69, 9.17) is 4.42 Å². The maximum absolute atomic E-state index is 6.17. The van der Waals surface area contributed by atoms with Gasteiger partial charge in [-0.05, 0) is 91.0 Å². The Balaban J connectivity index is 1.22. The molecule has 0 atom stereocenters. The number of aromatic amines is 1. The summed E-state index contributed by atoms with van der Waals surface area (Å²) in [4.78, 5) is 8.22. The number of hydrogen-bond acceptors (Lipinski definition) is 3. The third kappa shape index (κ3) is 4.39. The van der Waals surface area contributed by atoms with Crippen molar-refractivity contribution in [2.24, 2.45) is 0 Å². The lowest BCUT2D eigenvalue weighted by molar-refractivity contribution is 0.669. The van der Waals surface area contributed by atoms with Gasteiger partial charge in [0.15, 0.2) is 0 Å². The zero-order valence-electron chi connectivity index (χ0n) is 25.0. The number of nitrogens with one attached hydrogen (secondary N) is 1. The van der Waals surface area contributed by atoms with E-state index < -0.39 is 0 Å². The summed E-state index contributed by atoms with van der Waals surface area (Å²) >= 11 is 0. The lowest BCUT2D eigenvalue weighted by Gasteiger charge is -2.29. The topological polar surface area (TPSA) is 35.4 Å². The summed E-state index contributed by atoms with van der Waals surface area (Å²) in [6.45, 7) is 0. The summed E-state index contributed by atoms with van der Waals surface area (Å²) in [5.41, 5.74) is 10.5. The summed E-state index contributed by atoms with van der Waals surface area (Å²) < 4.78 is 6.17. The van der Waals surface area contributed by atoms with Crippen molar-refractivity contribution in [2.45, 2.75) is 0 Å². The molecule has 0 spiro atoms. The van der Waals surface area contributed by atoms with Gasteiger partial charge < -0.3 is 19.2 Å². The molecule has 1 N–H and O–H groups in total. The fraction of sp³-hybridized carbons (Fsp3) is 0. The molecule has 0 amide bonds. The van der Waals surface area contributed by atoms with E-state index in [2.05, 4.69) is 173 Å². The minimum atomic E-state index is 0.884. The van der Waals surface area contributed by atoms with E-state index in [0.29, 0.717) is 0 Å². The largest absolute Gasteiger partial charge is 0.456 e. The van der Waals surface area contributed by atoms with Crippen LogP contribution in [0.15, 0.2) is 174 Å². The summed E-state index contributed by atoms with van der Waals surface area (Å²) in [6, 6.07) is 59.8. The van der Waals surface area contributed by atoms with Gasteiger partial charge in [-0.3, -0.25) is 0 Å². The van der Waals surface area contributed by atoms with E-state index in [1.807, 2.05) is 12.1 Å². The quantitative estimate of drug-likeness (QED) is 0.209. The molecule has 0 aliphatic carbocycles. The molecule has 0 aliphatic heterocycles. The van der Waals surface area contributed by atoms with Crippen LogP contribution < -0.4 is 9.80 Å². The number of rotatable bonds is 6. The normalized spacial score (nSPS) is 11.5. The Morgan fingerprint density at radius 1 is 0.326 bits per heavy atom. The van der Waals surface area contributed by atoms with Crippen LogP contribution in [0.1, 0.15) is 0 Å². The third-order valence-electron chi connectivity index (χ3n) is 8.74. The first-order valence-corrected chi connectivity index (χ1v) is 15.5. The van der Waals surface area contributed by atoms with Gasteiger partial charge in [0.2, 0.25) is 0 Å². The fourth-order valence-electron chi connectivity index (χ4n) is 6.65. The average molecular weight is 592 g/mol. The molecular weight excluding hydrogens is 562 g/mol. The zero-order chi connectivity index (χ0) is 30.5. The molecule has 0 bridgehead atoms. The Morgan fingerprint density at radius 2 is 0.826 bits per heavy atom. The lowest BCUT2D eigenvalue weighted by Crippen LogP contribution is -2.13. The Kier molecular flexibility index (Phi) is 6.10. The number of anilines is 6. The molecule has 0 saturated carbocycles. The molecule has 9 rings (SSSR count). The first kappa shape index (κ1) is 26.2. The van der Waals surface area contributed by atoms with Crippen molar-refractivity contribution in [3.63, 3.8) is 0 Å². The first-order valence-electron chi connectivity index (χ1n) is 15.5. The Labute approximate surface area is 266 Å². The van der Waals surface area contributed by atoms with Gasteiger partial charge in [0, 0.05) is 66.7 Å². The van der Waals surface area contributed by atoms with Crippen molar-refractivity contribution in [1.29, 1.82) is 0 Å². The highest BCUT2D eigenvalue weighted by Crippen LogP contribution is 2.42. The first-order chi connectivity index (χ1) is 22.8. The molecule has 9 aromatic rings. The number of furan rings is 1. The molecule has 0 radical (unpaired) electrons. The van der Waals surface area contributed by atoms with Gasteiger partial charge in [-0.1, -0.05) is 78.9 Å². The standard InChI is InChI=1S/C42H29N3O/c1-3-12-29(13-4-1)44(33-22-24-40-37(27-33)35-18-7-9-20-39(35)43-40)31-16-11-17-32(26-31)45(30-14-5-2-6-15-30)34-23-25-42-38(28-34)36-19-8-10-21-41(36)46-42/h1-28,43H. The summed E-state index contributed by atoms with van der Waals surface area (Å²) in [7, 11) is 0. The highest BCUT2D eigenvalue weighted by Gasteiger charge is 2.19. The summed E-state index contributed by atoms with van der Waals surface area (Å²) in [5, 5.41) is 4.64. The van der Waals surface area contributed by atoms with Crippen LogP contribution in [0.4, 0.5) is 34.1 Å². The van der Waals surface area contributed by atoms with Gasteiger partial charge in [-0.25, -0.2) is 0 Å². The highest BCUT2D eigenvalue weighted by molar-refractivity contribution is 6.09. The average Bonchev–Trinajstić information content (AvgIpc) is 3.68. The van der Waals surface area contributed by atoms with E-state index in [-0.39, 0.29) is 0 Å². The van der Waals surface area contributed by atoms with Gasteiger partial charge in [-0.15, -0.1) is 0 Å². The van der Waals surface area contributed by atoms with E-state index in [1.165, 1.54) is 10.8 Å². The molecular formula is C42H29N3O. The van der Waals surface area contributed by atoms with Crippen LogP contribution in [0, 0.1) is 0 Å². The summed E-state index contributed by atoms with van der Waals surface area (Å²) in [5.74, 6) is 0. The SMILES string of the molecule is c1ccc(N(c2cccc(N(c3ccccc3)c3ccc4oc5ccccc5c4c3)c2)c2ccc3[nH]c4ccccc4c3c2)cc1. The molecule has 0 aliphatic rings. The second-order valence-corrected chi connectivity index (χ2v) is 11.5. The molecule has 0 unspecified atom stereocenters. The van der Waals surface area contributed by atoms with Crippen molar-refractivity contribution >= 4 is 77.9 Å². The van der Waals surface area contributed by atoms with Gasteiger partial charge >= 0.3 is 0 Å². The molecule has 2 heterocycles. The predicted octanol–water partition coefficient (Wildman–Crippen LogP) is 12.2. The van der Waals surface area contributed by atoms with E-state index in [0.717, 1.165) is 67.1 Å². The maximum atomic E-state index is 6.17. The minimum absolute atomic E-state index is 0.884. The van der Waals surface area contributed by atoms with Gasteiger partial charge in [-0.2, -0.15) is 0 Å². The van der Waals surface area contributed by atoms with Crippen molar-refractivity contribution in [3.05, 3.63) is 170 Å². The smallest absolute Gasteiger partial charge is 0.135 e. The number of hydrogen-bond donors (Lipinski definition) is 1. The van der Waals surface area contributed by atoms with Crippen LogP contribution >= 0.6 is 0 Å². The number of aromatic nitrogens is 1.